The van der Waals surface area contributed by atoms with E-state index in [9.17, 15) is 4.79 Å². The number of benzene rings is 1. The maximum Gasteiger partial charge on any atom is 0.277 e. The predicted octanol–water partition coefficient (Wildman–Crippen LogP) is 0.825. The van der Waals surface area contributed by atoms with Crippen molar-refractivity contribution >= 4 is 23.3 Å². The van der Waals surface area contributed by atoms with Gasteiger partial charge in [-0.2, -0.15) is 0 Å². The van der Waals surface area contributed by atoms with Crippen molar-refractivity contribution in [3.63, 3.8) is 0 Å². The number of halogens is 1. The van der Waals surface area contributed by atoms with E-state index >= 15 is 0 Å². The van der Waals surface area contributed by atoms with Crippen LogP contribution >= 0.6 is 11.6 Å². The highest BCUT2D eigenvalue weighted by Gasteiger charge is 2.14. The number of anilines is 1. The number of nitrogens with two attached hydrogens (primary N) is 1. The quantitative estimate of drug-likeness (QED) is 0.681. The summed E-state index contributed by atoms with van der Waals surface area (Å²) in [6, 6.07) is 7.55. The number of carbonyl (C=O) groups is 1. The zero-order chi connectivity index (χ0) is 14.4. The van der Waals surface area contributed by atoms with Gasteiger partial charge in [0.1, 0.15) is 0 Å². The monoisotopic (exact) mass is 295 g/mol. The largest absolute Gasteiger partial charge is 0.379 e. The summed E-state index contributed by atoms with van der Waals surface area (Å²) in [7, 11) is 0. The van der Waals surface area contributed by atoms with Crippen LogP contribution in [-0.4, -0.2) is 29.3 Å². The number of hydrogen-bond donors (Lipinski definition) is 3. The molecule has 7 nitrogen and oxygen atoms in total. The second-order valence-corrected chi connectivity index (χ2v) is 4.49. The molecule has 2 aromatic rings. The molecule has 8 heteroatoms. The molecule has 1 aromatic heterocycles. The minimum absolute atomic E-state index is 0.00250. The average molecular weight is 296 g/mol. The van der Waals surface area contributed by atoms with Crippen molar-refractivity contribution in [3.05, 3.63) is 40.5 Å². The Morgan fingerprint density at radius 2 is 2.00 bits per heavy atom. The Morgan fingerprint density at radius 3 is 2.65 bits per heavy atom. The standard InChI is InChI=1S/C12H14ClN5O2/c13-9-3-1-8(2-4-9)7-15-5-6-16-12(19)10-11(14)18-20-17-10/h1-4,15H,5-7H2,(H2,14,18)(H,16,19). The maximum atomic E-state index is 11.6. The van der Waals surface area contributed by atoms with Gasteiger partial charge >= 0.3 is 0 Å². The fourth-order valence-corrected chi connectivity index (χ4v) is 1.66. The van der Waals surface area contributed by atoms with Crippen molar-refractivity contribution in [2.75, 3.05) is 18.8 Å². The smallest absolute Gasteiger partial charge is 0.277 e. The number of carbonyl (C=O) groups excluding carboxylic acids is 1. The third-order valence-corrected chi connectivity index (χ3v) is 2.81. The van der Waals surface area contributed by atoms with Crippen LogP contribution in [-0.2, 0) is 6.54 Å². The van der Waals surface area contributed by atoms with Crippen LogP contribution in [0.2, 0.25) is 5.02 Å². The molecule has 2 rings (SSSR count). The van der Waals surface area contributed by atoms with Crippen LogP contribution in [0.4, 0.5) is 5.82 Å². The van der Waals surface area contributed by atoms with Crippen LogP contribution in [0.3, 0.4) is 0 Å². The molecule has 0 bridgehead atoms. The second kappa shape index (κ2) is 6.88. The number of aromatic nitrogens is 2. The van der Waals surface area contributed by atoms with Crippen molar-refractivity contribution in [1.82, 2.24) is 20.9 Å². The van der Waals surface area contributed by atoms with E-state index in [1.54, 1.807) is 0 Å². The van der Waals surface area contributed by atoms with Gasteiger partial charge in [0.05, 0.1) is 0 Å². The van der Waals surface area contributed by atoms with Gasteiger partial charge in [-0.15, -0.1) is 0 Å². The lowest BCUT2D eigenvalue weighted by molar-refractivity contribution is 0.0944. The molecule has 106 valence electrons. The molecule has 0 saturated carbocycles. The Kier molecular flexibility index (Phi) is 4.91. The van der Waals surface area contributed by atoms with Gasteiger partial charge in [-0.1, -0.05) is 23.7 Å². The number of amides is 1. The molecule has 0 atom stereocenters. The Balaban J connectivity index is 1.66. The minimum Gasteiger partial charge on any atom is -0.379 e. The first kappa shape index (κ1) is 14.3. The van der Waals surface area contributed by atoms with E-state index in [0.29, 0.717) is 24.7 Å². The number of nitrogen functional groups attached to an aromatic ring is 1. The normalized spacial score (nSPS) is 10.4. The molecule has 0 aliphatic heterocycles. The summed E-state index contributed by atoms with van der Waals surface area (Å²) < 4.78 is 4.35. The predicted molar refractivity (Wildman–Crippen MR) is 74.2 cm³/mol. The summed E-state index contributed by atoms with van der Waals surface area (Å²) in [6.07, 6.45) is 0. The fourth-order valence-electron chi connectivity index (χ4n) is 1.54. The van der Waals surface area contributed by atoms with E-state index in [1.165, 1.54) is 0 Å². The van der Waals surface area contributed by atoms with Gasteiger partial charge in [-0.25, -0.2) is 4.63 Å². The summed E-state index contributed by atoms with van der Waals surface area (Å²) in [4.78, 5) is 11.6. The lowest BCUT2D eigenvalue weighted by atomic mass is 10.2. The Morgan fingerprint density at radius 1 is 1.25 bits per heavy atom. The highest BCUT2D eigenvalue weighted by molar-refractivity contribution is 6.30. The van der Waals surface area contributed by atoms with Crippen molar-refractivity contribution in [1.29, 1.82) is 0 Å². The molecule has 0 saturated heterocycles. The van der Waals surface area contributed by atoms with E-state index in [2.05, 4.69) is 25.6 Å². The summed E-state index contributed by atoms with van der Waals surface area (Å²) in [6.45, 7) is 1.75. The van der Waals surface area contributed by atoms with Gasteiger partial charge in [0, 0.05) is 24.7 Å². The van der Waals surface area contributed by atoms with Crippen LogP contribution in [0.5, 0.6) is 0 Å². The molecular formula is C12H14ClN5O2. The Hall–Kier alpha value is -2.12. The first-order valence-electron chi connectivity index (χ1n) is 5.98. The molecule has 0 spiro atoms. The van der Waals surface area contributed by atoms with E-state index in [-0.39, 0.29) is 11.5 Å². The zero-order valence-corrected chi connectivity index (χ0v) is 11.4. The van der Waals surface area contributed by atoms with E-state index in [0.717, 1.165) is 5.56 Å². The van der Waals surface area contributed by atoms with Crippen LogP contribution < -0.4 is 16.4 Å². The number of rotatable bonds is 6. The number of hydrogen-bond acceptors (Lipinski definition) is 6. The summed E-state index contributed by atoms with van der Waals surface area (Å²) in [5, 5.41) is 13.3. The summed E-state index contributed by atoms with van der Waals surface area (Å²) in [5.41, 5.74) is 6.52. The van der Waals surface area contributed by atoms with Crippen LogP contribution in [0, 0.1) is 0 Å². The number of nitrogens with zero attached hydrogens (tertiary/aromatic N) is 2. The Bertz CT molecular complexity index is 569. The molecule has 0 fully saturated rings. The first-order chi connectivity index (χ1) is 9.66. The fraction of sp³-hybridized carbons (Fsp3) is 0.250. The van der Waals surface area contributed by atoms with Gasteiger partial charge < -0.3 is 16.4 Å². The molecule has 0 unspecified atom stereocenters. The molecule has 20 heavy (non-hydrogen) atoms. The van der Waals surface area contributed by atoms with E-state index < -0.39 is 5.91 Å². The average Bonchev–Trinajstić information content (AvgIpc) is 2.86. The Labute approximate surface area is 120 Å². The SMILES string of the molecule is Nc1nonc1C(=O)NCCNCc1ccc(Cl)cc1. The lowest BCUT2D eigenvalue weighted by Gasteiger charge is -2.06. The van der Waals surface area contributed by atoms with Gasteiger partial charge in [-0.3, -0.25) is 4.79 Å². The van der Waals surface area contributed by atoms with Crippen molar-refractivity contribution < 1.29 is 9.42 Å². The van der Waals surface area contributed by atoms with Crippen LogP contribution in [0.1, 0.15) is 16.1 Å². The third kappa shape index (κ3) is 3.94. The molecule has 1 heterocycles. The molecular weight excluding hydrogens is 282 g/mol. The van der Waals surface area contributed by atoms with Gasteiger partial charge in [-0.05, 0) is 28.0 Å². The van der Waals surface area contributed by atoms with Gasteiger partial charge in [0.25, 0.3) is 5.91 Å². The second-order valence-electron chi connectivity index (χ2n) is 4.06. The van der Waals surface area contributed by atoms with Crippen molar-refractivity contribution in [2.24, 2.45) is 0 Å². The number of nitrogens with one attached hydrogen (secondary N) is 2. The lowest BCUT2D eigenvalue weighted by Crippen LogP contribution is -2.32. The van der Waals surface area contributed by atoms with Crippen LogP contribution in [0.25, 0.3) is 0 Å². The molecule has 0 radical (unpaired) electrons. The summed E-state index contributed by atoms with van der Waals surface area (Å²) >= 11 is 5.80. The molecule has 4 N–H and O–H groups in total. The summed E-state index contributed by atoms with van der Waals surface area (Å²) in [5.74, 6) is -0.423. The van der Waals surface area contributed by atoms with E-state index in [1.807, 2.05) is 24.3 Å². The highest BCUT2D eigenvalue weighted by Crippen LogP contribution is 2.08. The minimum atomic E-state index is -0.406. The van der Waals surface area contributed by atoms with Crippen LogP contribution in [0.15, 0.2) is 28.9 Å². The van der Waals surface area contributed by atoms with Crippen molar-refractivity contribution in [2.45, 2.75) is 6.54 Å². The molecule has 1 amide bonds. The first-order valence-corrected chi connectivity index (χ1v) is 6.36. The maximum absolute atomic E-state index is 11.6. The van der Waals surface area contributed by atoms with Gasteiger partial charge in [0.2, 0.25) is 11.5 Å². The molecule has 0 aliphatic rings. The molecule has 0 aliphatic carbocycles. The van der Waals surface area contributed by atoms with Gasteiger partial charge in [0.15, 0.2) is 0 Å². The highest BCUT2D eigenvalue weighted by atomic mass is 35.5. The zero-order valence-electron chi connectivity index (χ0n) is 10.6. The van der Waals surface area contributed by atoms with Crippen molar-refractivity contribution in [3.8, 4) is 0 Å². The molecule has 1 aromatic carbocycles. The third-order valence-electron chi connectivity index (χ3n) is 2.56. The van der Waals surface area contributed by atoms with E-state index in [4.69, 9.17) is 17.3 Å². The topological polar surface area (TPSA) is 106 Å².